The number of allylic oxidation sites excluding steroid dienone is 1. The van der Waals surface area contributed by atoms with Crippen molar-refractivity contribution in [2.75, 3.05) is 13.7 Å². The first-order valence-electron chi connectivity index (χ1n) is 20.2. The highest BCUT2D eigenvalue weighted by Crippen LogP contribution is 2.57. The van der Waals surface area contributed by atoms with Gasteiger partial charge in [0.25, 0.3) is 0 Å². The zero-order valence-corrected chi connectivity index (χ0v) is 35.3. The van der Waals surface area contributed by atoms with Gasteiger partial charge in [-0.1, -0.05) is 52.3 Å². The second-order valence-corrected chi connectivity index (χ2v) is 19.4. The van der Waals surface area contributed by atoms with Gasteiger partial charge >= 0.3 is 11.9 Å². The number of carbonyl (C=O) groups is 4. The first-order chi connectivity index (χ1) is 27.0. The molecule has 2 unspecified atom stereocenters. The van der Waals surface area contributed by atoms with E-state index in [1.807, 2.05) is 38.3 Å². The van der Waals surface area contributed by atoms with Crippen molar-refractivity contribution in [2.45, 2.75) is 111 Å². The molecule has 4 fully saturated rings. The monoisotopic (exact) mass is 819 g/mol. The number of pyridine rings is 1. The number of hydrogen-bond acceptors (Lipinski definition) is 10. The molecule has 7 rings (SSSR count). The SMILES string of the molecule is C=CC1C[C@]1(CC(=O)[C@@H]1CC(Oc2cc(-c3csc(CC(C)C)n3)nc3c(Cl)c(OC)ccc23)CN1C(=O)[C@@H](CC(=O)OC1C2CCC1CC2)C(C)(C)C)C(=O)O. The molecule has 11 nitrogen and oxygen atoms in total. The number of thiazole rings is 1. The second kappa shape index (κ2) is 16.0. The van der Waals surface area contributed by atoms with Crippen LogP contribution in [0.2, 0.25) is 5.02 Å². The normalized spacial score (nSPS) is 27.1. The summed E-state index contributed by atoms with van der Waals surface area (Å²) >= 11 is 8.41. The Kier molecular flexibility index (Phi) is 11.5. The number of benzene rings is 1. The fraction of sp³-hybridized carbons (Fsp3) is 0.591. The van der Waals surface area contributed by atoms with E-state index in [0.717, 1.165) is 37.1 Å². The predicted octanol–water partition coefficient (Wildman–Crippen LogP) is 8.59. The number of halogens is 1. The highest BCUT2D eigenvalue weighted by molar-refractivity contribution is 7.09. The number of aliphatic carboxylic acids is 1. The maximum absolute atomic E-state index is 14.8. The number of esters is 1. The molecule has 4 aliphatic rings. The summed E-state index contributed by atoms with van der Waals surface area (Å²) in [6.07, 6.45) is 5.96. The zero-order chi connectivity index (χ0) is 41.0. The quantitative estimate of drug-likeness (QED) is 0.117. The number of hydrogen-bond donors (Lipinski definition) is 1. The van der Waals surface area contributed by atoms with E-state index in [1.165, 1.54) is 12.0 Å². The number of methoxy groups -OCH3 is 1. The molecular formula is C44H54ClN3O8S. The number of likely N-dealkylation sites (tertiary alicyclic amines) is 1. The molecular weight excluding hydrogens is 766 g/mol. The predicted molar refractivity (Wildman–Crippen MR) is 218 cm³/mol. The highest BCUT2D eigenvalue weighted by atomic mass is 35.5. The van der Waals surface area contributed by atoms with Crippen LogP contribution in [0.1, 0.15) is 91.0 Å². The van der Waals surface area contributed by atoms with Crippen LogP contribution in [-0.4, -0.2) is 75.5 Å². The van der Waals surface area contributed by atoms with E-state index in [-0.39, 0.29) is 49.5 Å². The van der Waals surface area contributed by atoms with Gasteiger partial charge in [0.15, 0.2) is 5.78 Å². The molecule has 306 valence electrons. The lowest BCUT2D eigenvalue weighted by atomic mass is 9.77. The molecule has 3 aliphatic carbocycles. The lowest BCUT2D eigenvalue weighted by Crippen LogP contribution is -2.48. The Morgan fingerprint density at radius 1 is 1.09 bits per heavy atom. The van der Waals surface area contributed by atoms with E-state index >= 15 is 0 Å². The molecule has 0 spiro atoms. The molecule has 3 aromatic rings. The van der Waals surface area contributed by atoms with Gasteiger partial charge in [0.05, 0.1) is 59.4 Å². The third kappa shape index (κ3) is 8.18. The maximum atomic E-state index is 14.8. The molecule has 13 heteroatoms. The van der Waals surface area contributed by atoms with Gasteiger partial charge in [-0.05, 0) is 73.3 Å². The molecule has 1 amide bonds. The Balaban J connectivity index is 1.21. The van der Waals surface area contributed by atoms with E-state index in [9.17, 15) is 24.3 Å². The Labute approximate surface area is 343 Å². The second-order valence-electron chi connectivity index (χ2n) is 18.1. The first kappa shape index (κ1) is 41.1. The summed E-state index contributed by atoms with van der Waals surface area (Å²) in [6.45, 7) is 13.9. The molecule has 5 atom stereocenters. The Bertz CT molecular complexity index is 2060. The van der Waals surface area contributed by atoms with Gasteiger partial charge in [-0.25, -0.2) is 9.97 Å². The van der Waals surface area contributed by atoms with Crippen LogP contribution in [0, 0.1) is 40.4 Å². The molecule has 1 aliphatic heterocycles. The van der Waals surface area contributed by atoms with Crippen LogP contribution in [0.5, 0.6) is 11.5 Å². The molecule has 1 saturated heterocycles. The fourth-order valence-corrected chi connectivity index (χ4v) is 10.7. The summed E-state index contributed by atoms with van der Waals surface area (Å²) in [5.74, 6) is -1.23. The number of Topliss-reactive ketones (excluding diaryl/α,β-unsaturated/α-hetero) is 1. The number of amides is 1. The average molecular weight is 820 g/mol. The highest BCUT2D eigenvalue weighted by Gasteiger charge is 2.61. The van der Waals surface area contributed by atoms with Crippen molar-refractivity contribution in [3.8, 4) is 22.9 Å². The molecule has 57 heavy (non-hydrogen) atoms. The number of carbonyl (C=O) groups excluding carboxylic acids is 3. The number of rotatable bonds is 15. The third-order valence-electron chi connectivity index (χ3n) is 12.7. The first-order valence-corrected chi connectivity index (χ1v) is 21.5. The summed E-state index contributed by atoms with van der Waals surface area (Å²) < 4.78 is 18.4. The molecule has 3 saturated carbocycles. The summed E-state index contributed by atoms with van der Waals surface area (Å²) in [5, 5.41) is 14.1. The van der Waals surface area contributed by atoms with E-state index < -0.39 is 40.8 Å². The van der Waals surface area contributed by atoms with Crippen LogP contribution in [0.3, 0.4) is 0 Å². The van der Waals surface area contributed by atoms with Crippen LogP contribution < -0.4 is 9.47 Å². The largest absolute Gasteiger partial charge is 0.495 e. The van der Waals surface area contributed by atoms with Gasteiger partial charge in [-0.3, -0.25) is 19.2 Å². The van der Waals surface area contributed by atoms with E-state index in [1.54, 1.807) is 23.5 Å². The van der Waals surface area contributed by atoms with Crippen molar-refractivity contribution in [1.29, 1.82) is 0 Å². The van der Waals surface area contributed by atoms with Crippen molar-refractivity contribution in [3.05, 3.63) is 46.3 Å². The Morgan fingerprint density at radius 2 is 1.79 bits per heavy atom. The maximum Gasteiger partial charge on any atom is 0.310 e. The summed E-state index contributed by atoms with van der Waals surface area (Å²) in [7, 11) is 1.53. The summed E-state index contributed by atoms with van der Waals surface area (Å²) in [6, 6.07) is 4.39. The minimum Gasteiger partial charge on any atom is -0.495 e. The lowest BCUT2D eigenvalue weighted by molar-refractivity contribution is -0.158. The Morgan fingerprint density at radius 3 is 2.39 bits per heavy atom. The number of fused-ring (bicyclic) bond motifs is 3. The molecule has 2 aromatic heterocycles. The van der Waals surface area contributed by atoms with Crippen LogP contribution in [0.4, 0.5) is 0 Å². The molecule has 3 heterocycles. The van der Waals surface area contributed by atoms with Gasteiger partial charge in [0.2, 0.25) is 5.91 Å². The topological polar surface area (TPSA) is 145 Å². The lowest BCUT2D eigenvalue weighted by Gasteiger charge is -2.35. The third-order valence-corrected chi connectivity index (χ3v) is 14.0. The minimum absolute atomic E-state index is 0.0485. The fourth-order valence-electron chi connectivity index (χ4n) is 9.38. The van der Waals surface area contributed by atoms with Crippen LogP contribution in [-0.2, 0) is 30.3 Å². The zero-order valence-electron chi connectivity index (χ0n) is 33.7. The van der Waals surface area contributed by atoms with Gasteiger partial charge in [-0.2, -0.15) is 0 Å². The number of carboxylic acid groups (broad SMARTS) is 1. The van der Waals surface area contributed by atoms with Gasteiger partial charge in [0, 0.05) is 36.1 Å². The molecule has 0 radical (unpaired) electrons. The molecule has 2 bridgehead atoms. The van der Waals surface area contributed by atoms with Crippen molar-refractivity contribution >= 4 is 57.5 Å². The number of nitrogens with zero attached hydrogens (tertiary/aromatic N) is 3. The van der Waals surface area contributed by atoms with Gasteiger partial charge < -0.3 is 24.2 Å². The van der Waals surface area contributed by atoms with Crippen molar-refractivity contribution in [2.24, 2.45) is 40.4 Å². The smallest absolute Gasteiger partial charge is 0.310 e. The number of carboxylic acids is 1. The van der Waals surface area contributed by atoms with Gasteiger partial charge in [-0.15, -0.1) is 17.9 Å². The van der Waals surface area contributed by atoms with Crippen LogP contribution in [0.25, 0.3) is 22.3 Å². The van der Waals surface area contributed by atoms with E-state index in [0.29, 0.717) is 63.0 Å². The van der Waals surface area contributed by atoms with Crippen LogP contribution >= 0.6 is 22.9 Å². The van der Waals surface area contributed by atoms with Crippen molar-refractivity contribution < 1.29 is 38.5 Å². The number of ketones is 1. The average Bonchev–Trinajstić information content (AvgIpc) is 3.61. The summed E-state index contributed by atoms with van der Waals surface area (Å²) in [5.41, 5.74) is -0.239. The minimum atomic E-state index is -1.26. The van der Waals surface area contributed by atoms with Crippen molar-refractivity contribution in [3.63, 3.8) is 0 Å². The molecule has 1 aromatic carbocycles. The van der Waals surface area contributed by atoms with Crippen molar-refractivity contribution in [1.82, 2.24) is 14.9 Å². The van der Waals surface area contributed by atoms with Crippen LogP contribution in [0.15, 0.2) is 36.2 Å². The standard InChI is InChI=1S/C44H54ClN3O8S/c1-8-26-19-44(26,42(52)53)20-33(49)32-16-27(21-48(32)41(51)29(43(4,5)6)17-37(50)56-40-24-9-10-25(40)12-11-24)55-35-18-30(31-22-57-36(46-31)15-23(2)3)47-39-28(35)13-14-34(54-7)38(39)45/h8,13-14,18,22-27,29,32,40H,1,9-12,15-17,19-21H2,2-7H3,(H,52,53)/t24?,25?,26?,27?,29-,32+,40?,44-/m1/s1. The van der Waals surface area contributed by atoms with E-state index in [2.05, 4.69) is 20.4 Å². The van der Waals surface area contributed by atoms with Gasteiger partial charge in [0.1, 0.15) is 28.7 Å². The molecule has 1 N–H and O–H groups in total. The number of aromatic nitrogens is 2. The number of ether oxygens (including phenoxy) is 3. The van der Waals surface area contributed by atoms with E-state index in [4.69, 9.17) is 35.8 Å². The summed E-state index contributed by atoms with van der Waals surface area (Å²) in [4.78, 5) is 66.5. The Hall–Kier alpha value is -4.03.